The molecular formula is C37H52N4O11S. The van der Waals surface area contributed by atoms with Crippen molar-refractivity contribution < 1.29 is 52.8 Å². The average Bonchev–Trinajstić information content (AvgIpc) is 3.11. The second-order valence-electron chi connectivity index (χ2n) is 12.8. The number of carbonyl (C=O) groups excluding carboxylic acids is 6. The quantitative estimate of drug-likeness (QED) is 0.116. The smallest absolute Gasteiger partial charge is 0.405 e. The Bertz CT molecular complexity index is 1580. The van der Waals surface area contributed by atoms with E-state index < -0.39 is 71.8 Å². The number of methoxy groups -OCH3 is 3. The van der Waals surface area contributed by atoms with Crippen molar-refractivity contribution in [2.45, 2.75) is 77.9 Å². The molecule has 16 heteroatoms. The molecule has 0 spiro atoms. The largest absolute Gasteiger partial charge is 0.467 e. The number of Topliss-reactive ketones (excluding diaryl/α,β-unsaturated/α-hetero) is 2. The summed E-state index contributed by atoms with van der Waals surface area (Å²) in [6.07, 6.45) is 3.36. The van der Waals surface area contributed by atoms with Gasteiger partial charge in [0.05, 0.1) is 29.9 Å². The van der Waals surface area contributed by atoms with Gasteiger partial charge in [-0.25, -0.2) is 9.59 Å². The number of hydrogen-bond acceptors (Lipinski definition) is 13. The van der Waals surface area contributed by atoms with E-state index in [1.165, 1.54) is 46.3 Å². The van der Waals surface area contributed by atoms with Crippen LogP contribution in [0.4, 0.5) is 4.79 Å². The minimum absolute atomic E-state index is 0.00924. The van der Waals surface area contributed by atoms with E-state index in [1.54, 1.807) is 26.0 Å². The molecule has 0 saturated heterocycles. The highest BCUT2D eigenvalue weighted by Crippen LogP contribution is 2.35. The van der Waals surface area contributed by atoms with Gasteiger partial charge >= 0.3 is 12.1 Å². The molecular weight excluding hydrogens is 708 g/mol. The van der Waals surface area contributed by atoms with Crippen LogP contribution >= 0.6 is 11.8 Å². The number of aliphatic hydroxyl groups excluding tert-OH is 1. The predicted molar refractivity (Wildman–Crippen MR) is 199 cm³/mol. The lowest BCUT2D eigenvalue weighted by molar-refractivity contribution is -0.144. The Hall–Kier alpha value is -4.51. The van der Waals surface area contributed by atoms with Gasteiger partial charge in [0.15, 0.2) is 6.10 Å². The van der Waals surface area contributed by atoms with Gasteiger partial charge in [-0.1, -0.05) is 44.2 Å². The maximum atomic E-state index is 14.4. The molecule has 53 heavy (non-hydrogen) atoms. The molecule has 6 N–H and O–H groups in total. The average molecular weight is 761 g/mol. The molecule has 1 unspecified atom stereocenters. The predicted octanol–water partition coefficient (Wildman–Crippen LogP) is 2.28. The first kappa shape index (κ1) is 44.7. The summed E-state index contributed by atoms with van der Waals surface area (Å²) in [6, 6.07) is -1.17. The minimum atomic E-state index is -1.17. The van der Waals surface area contributed by atoms with Crippen LogP contribution in [0.5, 0.6) is 0 Å². The Morgan fingerprint density at radius 3 is 2.38 bits per heavy atom. The first-order chi connectivity index (χ1) is 25.0. The molecule has 0 aromatic rings. The lowest BCUT2D eigenvalue weighted by Crippen LogP contribution is -2.43. The zero-order valence-electron chi connectivity index (χ0n) is 31.5. The third-order valence-electron chi connectivity index (χ3n) is 8.59. The fraction of sp³-hybridized carbons (Fsp3) is 0.514. The van der Waals surface area contributed by atoms with Crippen LogP contribution in [0.25, 0.3) is 0 Å². The highest BCUT2D eigenvalue weighted by molar-refractivity contribution is 8.04. The number of fused-ring (bicyclic) bond motifs is 2. The van der Waals surface area contributed by atoms with Crippen molar-refractivity contribution in [2.24, 2.45) is 17.6 Å². The number of aliphatic hydroxyl groups is 1. The molecule has 3 amide bonds. The van der Waals surface area contributed by atoms with E-state index in [1.807, 2.05) is 6.92 Å². The van der Waals surface area contributed by atoms with E-state index in [2.05, 4.69) is 22.5 Å². The fourth-order valence-corrected chi connectivity index (χ4v) is 6.93. The molecule has 0 aromatic carbocycles. The first-order valence-electron chi connectivity index (χ1n) is 16.9. The number of ether oxygens (including phenoxy) is 4. The van der Waals surface area contributed by atoms with Crippen molar-refractivity contribution >= 4 is 47.2 Å². The number of nitrogens with one attached hydrogen (secondary N) is 3. The summed E-state index contributed by atoms with van der Waals surface area (Å²) >= 11 is 0.803. The zero-order chi connectivity index (χ0) is 40.0. The van der Waals surface area contributed by atoms with Gasteiger partial charge in [-0.15, -0.1) is 18.3 Å². The van der Waals surface area contributed by atoms with Gasteiger partial charge in [0, 0.05) is 50.5 Å². The van der Waals surface area contributed by atoms with Crippen LogP contribution in [0.15, 0.2) is 70.0 Å². The van der Waals surface area contributed by atoms with E-state index in [0.717, 1.165) is 18.9 Å². The lowest BCUT2D eigenvalue weighted by Gasteiger charge is -2.30. The summed E-state index contributed by atoms with van der Waals surface area (Å²) in [6.45, 7) is 11.8. The normalized spacial score (nSPS) is 25.5. The Kier molecular flexibility index (Phi) is 17.9. The van der Waals surface area contributed by atoms with Crippen molar-refractivity contribution in [3.63, 3.8) is 0 Å². The van der Waals surface area contributed by atoms with Crippen molar-refractivity contribution in [1.82, 2.24) is 16.0 Å². The van der Waals surface area contributed by atoms with E-state index in [0.29, 0.717) is 5.57 Å². The van der Waals surface area contributed by atoms with Gasteiger partial charge in [-0.3, -0.25) is 19.2 Å². The maximum Gasteiger partial charge on any atom is 0.405 e. The molecule has 1 heterocycles. The van der Waals surface area contributed by atoms with E-state index in [-0.39, 0.29) is 58.5 Å². The Morgan fingerprint density at radius 2 is 1.81 bits per heavy atom. The highest BCUT2D eigenvalue weighted by atomic mass is 32.2. The fourth-order valence-electron chi connectivity index (χ4n) is 5.86. The number of primary amides is 1. The maximum absolute atomic E-state index is 14.4. The number of esters is 1. The first-order valence-corrected chi connectivity index (χ1v) is 17.9. The Morgan fingerprint density at radius 1 is 1.13 bits per heavy atom. The lowest BCUT2D eigenvalue weighted by atomic mass is 9.85. The molecule has 7 atom stereocenters. The third-order valence-corrected chi connectivity index (χ3v) is 9.76. The van der Waals surface area contributed by atoms with Crippen molar-refractivity contribution in [1.29, 1.82) is 0 Å². The van der Waals surface area contributed by atoms with Crippen LogP contribution in [0.3, 0.4) is 0 Å². The Balaban J connectivity index is 2.81. The van der Waals surface area contributed by atoms with Gasteiger partial charge in [-0.2, -0.15) is 0 Å². The van der Waals surface area contributed by atoms with Gasteiger partial charge in [0.25, 0.3) is 5.91 Å². The van der Waals surface area contributed by atoms with Crippen LogP contribution in [-0.2, 0) is 42.9 Å². The molecule has 2 rings (SSSR count). The number of hydrogen-bond donors (Lipinski definition) is 5. The van der Waals surface area contributed by atoms with Crippen molar-refractivity contribution in [3.05, 3.63) is 70.0 Å². The second kappa shape index (κ2) is 21.3. The van der Waals surface area contributed by atoms with Crippen LogP contribution in [-0.4, -0.2) is 105 Å². The molecule has 0 fully saturated rings. The molecule has 1 aliphatic heterocycles. The number of rotatable bonds is 11. The Labute approximate surface area is 314 Å². The molecule has 2 aliphatic rings. The van der Waals surface area contributed by atoms with Gasteiger partial charge in [-0.05, 0) is 38.2 Å². The summed E-state index contributed by atoms with van der Waals surface area (Å²) in [5, 5.41) is 19.5. The summed E-state index contributed by atoms with van der Waals surface area (Å²) in [7, 11) is 4.00. The number of allylic oxidation sites excluding steroid dienone is 4. The molecule has 0 saturated carbocycles. The van der Waals surface area contributed by atoms with E-state index >= 15 is 0 Å². The van der Waals surface area contributed by atoms with Gasteiger partial charge in [0.2, 0.25) is 17.5 Å². The number of carbonyl (C=O) groups is 6. The summed E-state index contributed by atoms with van der Waals surface area (Å²) in [5.41, 5.74) is 5.84. The van der Waals surface area contributed by atoms with Gasteiger partial charge < -0.3 is 45.7 Å². The SMILES string of the molecule is C=CCNC1=C2C[C@@H](C)C[C@H](OC)[C@H](O)[C@@H](C)C=C(C)[C@H](OC(N)=O)[C@@H](OC)C=CC=C(C)C(=O)NC(=C(SCC(NC(C)=O)C(=O)OC)C1=O)C2=O. The summed E-state index contributed by atoms with van der Waals surface area (Å²) < 4.78 is 21.5. The standard InChI is InChI=1S/C37H52N4O11S/c1-10-14-39-28-24-15-19(2)16-27(50-8)30(43)21(4)17-22(5)33(52-37(38)48)26(49-7)13-11-12-20(3)35(46)41-29(31(24)44)34(32(28)45)53-18-25(36(47)51-9)40-23(6)42/h10-13,17,19,21,25-27,30,33,39,43H,1,14-16,18H2,2-9H3,(H2,38,48)(H,40,42)(H,41,46)/t19-,21+,25?,26+,27+,30-,33+/m1/s1. The molecule has 0 aromatic heterocycles. The highest BCUT2D eigenvalue weighted by Gasteiger charge is 2.38. The molecule has 1 aliphatic carbocycles. The number of thioether (sulfide) groups is 1. The van der Waals surface area contributed by atoms with Crippen LogP contribution in [0.1, 0.15) is 47.5 Å². The number of ketones is 2. The second-order valence-corrected chi connectivity index (χ2v) is 13.8. The number of amides is 3. The minimum Gasteiger partial charge on any atom is -0.467 e. The van der Waals surface area contributed by atoms with Crippen LogP contribution < -0.4 is 21.7 Å². The van der Waals surface area contributed by atoms with E-state index in [4.69, 9.17) is 24.7 Å². The van der Waals surface area contributed by atoms with E-state index in [9.17, 15) is 33.9 Å². The summed E-state index contributed by atoms with van der Waals surface area (Å²) in [4.78, 5) is 78.3. The molecule has 15 nitrogen and oxygen atoms in total. The third kappa shape index (κ3) is 12.6. The van der Waals surface area contributed by atoms with Crippen molar-refractivity contribution in [3.8, 4) is 0 Å². The summed E-state index contributed by atoms with van der Waals surface area (Å²) in [5.74, 6) is -4.32. The van der Waals surface area contributed by atoms with Crippen LogP contribution in [0, 0.1) is 11.8 Å². The number of nitrogens with two attached hydrogens (primary N) is 1. The molecule has 2 bridgehead atoms. The van der Waals surface area contributed by atoms with Crippen molar-refractivity contribution in [2.75, 3.05) is 33.6 Å². The monoisotopic (exact) mass is 760 g/mol. The molecule has 292 valence electrons. The zero-order valence-corrected chi connectivity index (χ0v) is 32.3. The van der Waals surface area contributed by atoms with Gasteiger partial charge in [0.1, 0.15) is 17.8 Å². The topological polar surface area (TPSA) is 222 Å². The van der Waals surface area contributed by atoms with Crippen LogP contribution in [0.2, 0.25) is 0 Å². The molecule has 0 radical (unpaired) electrons.